The Labute approximate surface area is 128 Å². The fraction of sp³-hybridized carbons (Fsp3) is 0.647. The minimum absolute atomic E-state index is 0.807. The summed E-state index contributed by atoms with van der Waals surface area (Å²) in [4.78, 5) is 3.96. The zero-order valence-corrected chi connectivity index (χ0v) is 13.7. The lowest BCUT2D eigenvalue weighted by Gasteiger charge is -2.32. The van der Waals surface area contributed by atoms with E-state index >= 15 is 0 Å². The van der Waals surface area contributed by atoms with Gasteiger partial charge in [0.05, 0.1) is 0 Å². The quantitative estimate of drug-likeness (QED) is 0.770. The third kappa shape index (κ3) is 5.12. The maximum Gasteiger partial charge on any atom is 0.0205 e. The van der Waals surface area contributed by atoms with Crippen molar-refractivity contribution in [1.29, 1.82) is 0 Å². The highest BCUT2D eigenvalue weighted by Gasteiger charge is 2.18. The van der Waals surface area contributed by atoms with E-state index in [1.807, 2.05) is 11.8 Å². The lowest BCUT2D eigenvalue weighted by molar-refractivity contribution is 0.182. The Kier molecular flexibility index (Phi) is 6.91. The number of thioether (sulfide) groups is 1. The highest BCUT2D eigenvalue weighted by atomic mass is 32.2. The lowest BCUT2D eigenvalue weighted by atomic mass is 10.0. The van der Waals surface area contributed by atoms with Crippen molar-refractivity contribution in [2.24, 2.45) is 0 Å². The Balaban J connectivity index is 1.75. The van der Waals surface area contributed by atoms with E-state index in [2.05, 4.69) is 48.5 Å². The topological polar surface area (TPSA) is 15.3 Å². The second-order valence-electron chi connectivity index (χ2n) is 5.70. The largest absolute Gasteiger partial charge is 0.313 e. The van der Waals surface area contributed by atoms with Gasteiger partial charge in [0.15, 0.2) is 0 Å². The Hall–Kier alpha value is -0.510. The summed E-state index contributed by atoms with van der Waals surface area (Å²) in [5, 5.41) is 3.39. The lowest BCUT2D eigenvalue weighted by Crippen LogP contribution is -2.36. The standard InChI is InChI=1S/C17H28N2S/c1-3-18-14-15-7-6-9-17(13-15)20-12-10-16-8-4-5-11-19(16)2/h6-7,9,13,16,18H,3-5,8,10-12,14H2,1-2H3. The molecule has 1 saturated heterocycles. The third-order valence-corrected chi connectivity index (χ3v) is 5.15. The average Bonchev–Trinajstić information content (AvgIpc) is 2.48. The molecule has 2 rings (SSSR count). The second kappa shape index (κ2) is 8.71. The molecule has 112 valence electrons. The summed E-state index contributed by atoms with van der Waals surface area (Å²) in [7, 11) is 2.28. The van der Waals surface area contributed by atoms with Gasteiger partial charge in [-0.3, -0.25) is 0 Å². The predicted octanol–water partition coefficient (Wildman–Crippen LogP) is 3.76. The molecule has 1 heterocycles. The van der Waals surface area contributed by atoms with Crippen LogP contribution in [-0.4, -0.2) is 36.8 Å². The molecule has 1 aliphatic rings. The van der Waals surface area contributed by atoms with Crippen molar-refractivity contribution in [3.05, 3.63) is 29.8 Å². The van der Waals surface area contributed by atoms with Crippen LogP contribution in [0.2, 0.25) is 0 Å². The van der Waals surface area contributed by atoms with Crippen LogP contribution in [0.15, 0.2) is 29.2 Å². The first kappa shape index (κ1) is 15.9. The highest BCUT2D eigenvalue weighted by Crippen LogP contribution is 2.24. The van der Waals surface area contributed by atoms with Gasteiger partial charge >= 0.3 is 0 Å². The van der Waals surface area contributed by atoms with E-state index in [1.54, 1.807) is 0 Å². The molecule has 3 heteroatoms. The van der Waals surface area contributed by atoms with Crippen LogP contribution in [0.3, 0.4) is 0 Å². The number of benzene rings is 1. The molecule has 2 nitrogen and oxygen atoms in total. The summed E-state index contributed by atoms with van der Waals surface area (Å²) < 4.78 is 0. The smallest absolute Gasteiger partial charge is 0.0205 e. The fourth-order valence-corrected chi connectivity index (χ4v) is 3.87. The summed E-state index contributed by atoms with van der Waals surface area (Å²) in [6, 6.07) is 9.77. The SMILES string of the molecule is CCNCc1cccc(SCCC2CCCCN2C)c1. The van der Waals surface area contributed by atoms with E-state index in [0.717, 1.165) is 19.1 Å². The number of piperidine rings is 1. The summed E-state index contributed by atoms with van der Waals surface area (Å²) in [5.74, 6) is 1.24. The van der Waals surface area contributed by atoms with Gasteiger partial charge in [0, 0.05) is 17.5 Å². The maximum atomic E-state index is 3.39. The molecule has 1 aromatic rings. The van der Waals surface area contributed by atoms with E-state index in [4.69, 9.17) is 0 Å². The van der Waals surface area contributed by atoms with Gasteiger partial charge in [0.1, 0.15) is 0 Å². The molecule has 0 aliphatic carbocycles. The molecular formula is C17H28N2S. The maximum absolute atomic E-state index is 3.39. The van der Waals surface area contributed by atoms with E-state index in [0.29, 0.717) is 0 Å². The first-order valence-electron chi connectivity index (χ1n) is 7.92. The monoisotopic (exact) mass is 292 g/mol. The van der Waals surface area contributed by atoms with E-state index < -0.39 is 0 Å². The number of hydrogen-bond acceptors (Lipinski definition) is 3. The molecule has 1 aliphatic heterocycles. The van der Waals surface area contributed by atoms with Gasteiger partial charge < -0.3 is 10.2 Å². The summed E-state index contributed by atoms with van der Waals surface area (Å²) in [6.45, 7) is 5.45. The van der Waals surface area contributed by atoms with Crippen molar-refractivity contribution in [3.63, 3.8) is 0 Å². The molecule has 20 heavy (non-hydrogen) atoms. The van der Waals surface area contributed by atoms with Crippen LogP contribution in [0.5, 0.6) is 0 Å². The van der Waals surface area contributed by atoms with E-state index in [1.165, 1.54) is 48.4 Å². The number of nitrogens with zero attached hydrogens (tertiary/aromatic N) is 1. The van der Waals surface area contributed by atoms with Gasteiger partial charge in [-0.25, -0.2) is 0 Å². The molecule has 0 amide bonds. The Morgan fingerprint density at radius 2 is 2.25 bits per heavy atom. The Morgan fingerprint density at radius 1 is 1.35 bits per heavy atom. The molecule has 1 fully saturated rings. The van der Waals surface area contributed by atoms with E-state index in [-0.39, 0.29) is 0 Å². The molecule has 0 aromatic heterocycles. The zero-order valence-electron chi connectivity index (χ0n) is 12.9. The minimum atomic E-state index is 0.807. The van der Waals surface area contributed by atoms with Crippen molar-refractivity contribution in [3.8, 4) is 0 Å². The van der Waals surface area contributed by atoms with Gasteiger partial charge in [0.25, 0.3) is 0 Å². The van der Waals surface area contributed by atoms with Crippen molar-refractivity contribution < 1.29 is 0 Å². The van der Waals surface area contributed by atoms with Crippen molar-refractivity contribution >= 4 is 11.8 Å². The van der Waals surface area contributed by atoms with Crippen LogP contribution in [0.1, 0.15) is 38.2 Å². The first-order chi connectivity index (χ1) is 9.79. The summed E-state index contributed by atoms with van der Waals surface area (Å²) in [5.41, 5.74) is 1.40. The second-order valence-corrected chi connectivity index (χ2v) is 6.86. The minimum Gasteiger partial charge on any atom is -0.313 e. The average molecular weight is 292 g/mol. The number of hydrogen-bond donors (Lipinski definition) is 1. The first-order valence-corrected chi connectivity index (χ1v) is 8.91. The van der Waals surface area contributed by atoms with Crippen molar-refractivity contribution in [2.45, 2.75) is 50.1 Å². The summed E-state index contributed by atoms with van der Waals surface area (Å²) in [6.07, 6.45) is 5.50. The normalized spacial score (nSPS) is 20.2. The predicted molar refractivity (Wildman–Crippen MR) is 89.4 cm³/mol. The van der Waals surface area contributed by atoms with Gasteiger partial charge in [-0.05, 0) is 62.8 Å². The van der Waals surface area contributed by atoms with Crippen LogP contribution < -0.4 is 5.32 Å². The number of rotatable bonds is 7. The molecule has 1 unspecified atom stereocenters. The number of nitrogens with one attached hydrogen (secondary N) is 1. The van der Waals surface area contributed by atoms with Gasteiger partial charge in [-0.2, -0.15) is 0 Å². The van der Waals surface area contributed by atoms with Crippen molar-refractivity contribution in [1.82, 2.24) is 10.2 Å². The van der Waals surface area contributed by atoms with Gasteiger partial charge in [-0.1, -0.05) is 25.5 Å². The molecule has 0 radical (unpaired) electrons. The zero-order chi connectivity index (χ0) is 14.2. The van der Waals surface area contributed by atoms with Crippen LogP contribution >= 0.6 is 11.8 Å². The Bertz CT molecular complexity index is 394. The Morgan fingerprint density at radius 3 is 3.05 bits per heavy atom. The van der Waals surface area contributed by atoms with Crippen LogP contribution in [-0.2, 0) is 6.54 Å². The fourth-order valence-electron chi connectivity index (χ4n) is 2.84. The molecule has 0 bridgehead atoms. The molecule has 1 N–H and O–H groups in total. The highest BCUT2D eigenvalue weighted by molar-refractivity contribution is 7.99. The molecular weight excluding hydrogens is 264 g/mol. The van der Waals surface area contributed by atoms with Crippen LogP contribution in [0.4, 0.5) is 0 Å². The van der Waals surface area contributed by atoms with Crippen LogP contribution in [0, 0.1) is 0 Å². The molecule has 1 aromatic carbocycles. The number of likely N-dealkylation sites (tertiary alicyclic amines) is 1. The molecule has 0 spiro atoms. The van der Waals surface area contributed by atoms with Crippen molar-refractivity contribution in [2.75, 3.05) is 25.9 Å². The van der Waals surface area contributed by atoms with Gasteiger partial charge in [-0.15, -0.1) is 11.8 Å². The third-order valence-electron chi connectivity index (χ3n) is 4.12. The van der Waals surface area contributed by atoms with Gasteiger partial charge in [0.2, 0.25) is 0 Å². The summed E-state index contributed by atoms with van der Waals surface area (Å²) >= 11 is 2.01. The van der Waals surface area contributed by atoms with E-state index in [9.17, 15) is 0 Å². The van der Waals surface area contributed by atoms with Crippen LogP contribution in [0.25, 0.3) is 0 Å². The molecule has 1 atom stereocenters. The molecule has 0 saturated carbocycles.